The van der Waals surface area contributed by atoms with Crippen LogP contribution in [0.5, 0.6) is 0 Å². The van der Waals surface area contributed by atoms with Crippen molar-refractivity contribution in [3.63, 3.8) is 0 Å². The molecule has 0 bridgehead atoms. The number of nitrogens with zero attached hydrogens (tertiary/aromatic N) is 4. The van der Waals surface area contributed by atoms with E-state index in [1.807, 2.05) is 53.5 Å². The molecule has 0 saturated carbocycles. The number of urea groups is 1. The lowest BCUT2D eigenvalue weighted by atomic mass is 10.1. The molecule has 3 rings (SSSR count). The predicted molar refractivity (Wildman–Crippen MR) is 110 cm³/mol. The summed E-state index contributed by atoms with van der Waals surface area (Å²) in [5, 5.41) is 14.8. The molecule has 0 radical (unpaired) electrons. The highest BCUT2D eigenvalue weighted by Crippen LogP contribution is 2.21. The molecule has 0 saturated heterocycles. The van der Waals surface area contributed by atoms with Gasteiger partial charge in [0, 0.05) is 29.9 Å². The van der Waals surface area contributed by atoms with Gasteiger partial charge in [-0.15, -0.1) is 0 Å². The second-order valence-corrected chi connectivity index (χ2v) is 7.24. The Morgan fingerprint density at radius 3 is 2.43 bits per heavy atom. The van der Waals surface area contributed by atoms with E-state index in [1.165, 1.54) is 0 Å². The monoisotopic (exact) mass is 380 g/mol. The molecule has 0 aliphatic carbocycles. The maximum absolute atomic E-state index is 12.5. The van der Waals surface area contributed by atoms with Crippen molar-refractivity contribution in [2.24, 2.45) is 0 Å². The molecule has 0 unspecified atom stereocenters. The SMILES string of the molecule is Cc1nn(C(C)C)c(C)c1CNC(=O)Nc1ccnn1[C@H](C)c1ccccc1. The summed E-state index contributed by atoms with van der Waals surface area (Å²) in [4.78, 5) is 12.5. The first-order valence-electron chi connectivity index (χ1n) is 9.56. The largest absolute Gasteiger partial charge is 0.334 e. The third-order valence-corrected chi connectivity index (χ3v) is 4.95. The Labute approximate surface area is 165 Å². The average molecular weight is 380 g/mol. The summed E-state index contributed by atoms with van der Waals surface area (Å²) in [6.07, 6.45) is 1.69. The van der Waals surface area contributed by atoms with E-state index in [0.717, 1.165) is 22.5 Å². The van der Waals surface area contributed by atoms with Crippen LogP contribution in [0.3, 0.4) is 0 Å². The normalized spacial score (nSPS) is 12.2. The van der Waals surface area contributed by atoms with Crippen molar-refractivity contribution in [2.75, 3.05) is 5.32 Å². The first-order valence-corrected chi connectivity index (χ1v) is 9.56. The fourth-order valence-electron chi connectivity index (χ4n) is 3.38. The highest BCUT2D eigenvalue weighted by molar-refractivity contribution is 5.88. The molecule has 1 atom stereocenters. The Hall–Kier alpha value is -3.09. The second kappa shape index (κ2) is 8.29. The van der Waals surface area contributed by atoms with E-state index in [9.17, 15) is 4.79 Å². The quantitative estimate of drug-likeness (QED) is 0.672. The maximum atomic E-state index is 12.5. The smallest absolute Gasteiger partial charge is 0.320 e. The molecule has 1 aromatic carbocycles. The van der Waals surface area contributed by atoms with Gasteiger partial charge >= 0.3 is 6.03 Å². The van der Waals surface area contributed by atoms with Crippen LogP contribution >= 0.6 is 0 Å². The van der Waals surface area contributed by atoms with Crippen molar-refractivity contribution in [1.82, 2.24) is 24.9 Å². The molecule has 0 spiro atoms. The van der Waals surface area contributed by atoms with Gasteiger partial charge in [0.1, 0.15) is 5.82 Å². The number of hydrogen-bond donors (Lipinski definition) is 2. The standard InChI is InChI=1S/C21H28N6O/c1-14(2)26-17(5)19(15(3)25-26)13-22-21(28)24-20-11-12-23-27(20)16(4)18-9-7-6-8-10-18/h6-12,14,16H,13H2,1-5H3,(H2,22,24,28)/t16-/m1/s1. The molecule has 2 heterocycles. The molecule has 28 heavy (non-hydrogen) atoms. The fraction of sp³-hybridized carbons (Fsp3) is 0.381. The van der Waals surface area contributed by atoms with Gasteiger partial charge in [-0.25, -0.2) is 9.48 Å². The van der Waals surface area contributed by atoms with Crippen LogP contribution in [-0.2, 0) is 6.54 Å². The molecule has 0 aliphatic rings. The Balaban J connectivity index is 1.66. The highest BCUT2D eigenvalue weighted by Gasteiger charge is 2.16. The van der Waals surface area contributed by atoms with E-state index < -0.39 is 0 Å². The summed E-state index contributed by atoms with van der Waals surface area (Å²) >= 11 is 0. The summed E-state index contributed by atoms with van der Waals surface area (Å²) in [5.41, 5.74) is 4.20. The summed E-state index contributed by atoms with van der Waals surface area (Å²) in [5.74, 6) is 0.653. The van der Waals surface area contributed by atoms with Gasteiger partial charge in [-0.1, -0.05) is 30.3 Å². The Kier molecular flexibility index (Phi) is 5.82. The average Bonchev–Trinajstić information content (AvgIpc) is 3.24. The van der Waals surface area contributed by atoms with Crippen LogP contribution in [0, 0.1) is 13.8 Å². The summed E-state index contributed by atoms with van der Waals surface area (Å²) in [6, 6.07) is 11.9. The lowest BCUT2D eigenvalue weighted by Gasteiger charge is -2.17. The van der Waals surface area contributed by atoms with E-state index in [1.54, 1.807) is 12.3 Å². The molecule has 0 aliphatic heterocycles. The lowest BCUT2D eigenvalue weighted by Crippen LogP contribution is -2.30. The number of aromatic nitrogens is 4. The molecule has 7 heteroatoms. The van der Waals surface area contributed by atoms with Crippen LogP contribution in [0.25, 0.3) is 0 Å². The van der Waals surface area contributed by atoms with E-state index >= 15 is 0 Å². The van der Waals surface area contributed by atoms with Crippen molar-refractivity contribution in [1.29, 1.82) is 0 Å². The number of carbonyl (C=O) groups excluding carboxylic acids is 1. The van der Waals surface area contributed by atoms with Crippen LogP contribution in [0.1, 0.15) is 55.4 Å². The molecule has 0 fully saturated rings. The minimum Gasteiger partial charge on any atom is -0.334 e. The van der Waals surface area contributed by atoms with Gasteiger partial charge in [-0.3, -0.25) is 10.00 Å². The van der Waals surface area contributed by atoms with Crippen molar-refractivity contribution >= 4 is 11.8 Å². The molecular weight excluding hydrogens is 352 g/mol. The summed E-state index contributed by atoms with van der Waals surface area (Å²) in [6.45, 7) is 10.7. The number of rotatable bonds is 6. The first-order chi connectivity index (χ1) is 13.4. The molecule has 2 aromatic heterocycles. The third-order valence-electron chi connectivity index (χ3n) is 4.95. The van der Waals surface area contributed by atoms with E-state index in [4.69, 9.17) is 0 Å². The second-order valence-electron chi connectivity index (χ2n) is 7.24. The van der Waals surface area contributed by atoms with Crippen molar-refractivity contribution in [3.8, 4) is 0 Å². The van der Waals surface area contributed by atoms with Crippen LogP contribution in [0.4, 0.5) is 10.6 Å². The molecule has 2 N–H and O–H groups in total. The van der Waals surface area contributed by atoms with Gasteiger partial charge < -0.3 is 5.32 Å². The predicted octanol–water partition coefficient (Wildman–Crippen LogP) is 4.21. The third kappa shape index (κ3) is 4.08. The Morgan fingerprint density at radius 2 is 1.79 bits per heavy atom. The number of aryl methyl sites for hydroxylation is 1. The van der Waals surface area contributed by atoms with E-state index in [-0.39, 0.29) is 18.1 Å². The molecular formula is C21H28N6O. The highest BCUT2D eigenvalue weighted by atomic mass is 16.2. The first kappa shape index (κ1) is 19.7. The number of benzene rings is 1. The zero-order valence-corrected chi connectivity index (χ0v) is 17.1. The molecule has 3 aromatic rings. The molecule has 7 nitrogen and oxygen atoms in total. The van der Waals surface area contributed by atoms with Crippen LogP contribution in [0.2, 0.25) is 0 Å². The van der Waals surface area contributed by atoms with Crippen LogP contribution in [0.15, 0.2) is 42.6 Å². The van der Waals surface area contributed by atoms with Crippen LogP contribution in [-0.4, -0.2) is 25.6 Å². The van der Waals surface area contributed by atoms with E-state index in [2.05, 4.69) is 41.6 Å². The van der Waals surface area contributed by atoms with Gasteiger partial charge in [0.25, 0.3) is 0 Å². The van der Waals surface area contributed by atoms with Crippen LogP contribution < -0.4 is 10.6 Å². The van der Waals surface area contributed by atoms with Gasteiger partial charge in [0.15, 0.2) is 0 Å². The lowest BCUT2D eigenvalue weighted by molar-refractivity contribution is 0.251. The number of carbonyl (C=O) groups is 1. The molecule has 148 valence electrons. The minimum atomic E-state index is -0.266. The van der Waals surface area contributed by atoms with Gasteiger partial charge in [-0.2, -0.15) is 10.2 Å². The Morgan fingerprint density at radius 1 is 1.07 bits per heavy atom. The minimum absolute atomic E-state index is 0.0141. The maximum Gasteiger partial charge on any atom is 0.320 e. The topological polar surface area (TPSA) is 76.8 Å². The summed E-state index contributed by atoms with van der Waals surface area (Å²) < 4.78 is 3.79. The number of nitrogens with one attached hydrogen (secondary N) is 2. The number of anilines is 1. The number of hydrogen-bond acceptors (Lipinski definition) is 3. The fourth-order valence-corrected chi connectivity index (χ4v) is 3.38. The Bertz CT molecular complexity index is 941. The number of amides is 2. The zero-order chi connectivity index (χ0) is 20.3. The van der Waals surface area contributed by atoms with Gasteiger partial charge in [-0.05, 0) is 40.2 Å². The van der Waals surface area contributed by atoms with Crippen molar-refractivity contribution in [3.05, 3.63) is 65.1 Å². The van der Waals surface area contributed by atoms with Gasteiger partial charge in [0.2, 0.25) is 0 Å². The van der Waals surface area contributed by atoms with E-state index in [0.29, 0.717) is 12.4 Å². The summed E-state index contributed by atoms with van der Waals surface area (Å²) in [7, 11) is 0. The molecule has 2 amide bonds. The van der Waals surface area contributed by atoms with Crippen molar-refractivity contribution < 1.29 is 4.79 Å². The van der Waals surface area contributed by atoms with Gasteiger partial charge in [0.05, 0.1) is 17.9 Å². The van der Waals surface area contributed by atoms with Crippen molar-refractivity contribution in [2.45, 2.75) is 53.2 Å². The zero-order valence-electron chi connectivity index (χ0n) is 17.1.